The molecule has 10 heteroatoms. The summed E-state index contributed by atoms with van der Waals surface area (Å²) in [6, 6.07) is 7.81. The Morgan fingerprint density at radius 1 is 1.11 bits per heavy atom. The molecule has 1 saturated heterocycles. The lowest BCUT2D eigenvalue weighted by Crippen LogP contribution is -2.43. The standard InChI is InChI=1S/C18H20ClN5O2S2/c19-13-3-1-12(2-4-13)16-11-24-18(21-16)27-17(22-24)20-14-7-9-23(10-8-14)28(25,26)15-5-6-15/h1-4,11,14-15H,5-10H2,(H,20,22). The Bertz CT molecular complexity index is 1070. The summed E-state index contributed by atoms with van der Waals surface area (Å²) in [7, 11) is -3.06. The van der Waals surface area contributed by atoms with E-state index in [0.29, 0.717) is 18.1 Å². The molecule has 0 radical (unpaired) electrons. The number of imidazole rings is 1. The molecule has 1 aliphatic carbocycles. The van der Waals surface area contributed by atoms with Crippen LogP contribution in [0.3, 0.4) is 0 Å². The van der Waals surface area contributed by atoms with Gasteiger partial charge in [-0.1, -0.05) is 35.1 Å². The maximum absolute atomic E-state index is 12.3. The molecule has 7 nitrogen and oxygen atoms in total. The minimum absolute atomic E-state index is 0.126. The van der Waals surface area contributed by atoms with Crippen LogP contribution >= 0.6 is 22.9 Å². The fraction of sp³-hybridized carbons (Fsp3) is 0.444. The summed E-state index contributed by atoms with van der Waals surface area (Å²) in [5.74, 6) is 0. The molecule has 1 aromatic carbocycles. The molecule has 1 aliphatic heterocycles. The Kier molecular flexibility index (Phi) is 4.58. The molecule has 2 aromatic heterocycles. The minimum atomic E-state index is -3.06. The fourth-order valence-corrected chi connectivity index (χ4v) is 6.38. The highest BCUT2D eigenvalue weighted by Crippen LogP contribution is 2.33. The number of hydrogen-bond donors (Lipinski definition) is 1. The summed E-state index contributed by atoms with van der Waals surface area (Å²) in [5, 5.41) is 9.41. The monoisotopic (exact) mass is 437 g/mol. The SMILES string of the molecule is O=S(=O)(C1CC1)N1CCC(Nc2nn3cc(-c4ccc(Cl)cc4)nc3s2)CC1. The summed E-state index contributed by atoms with van der Waals surface area (Å²) < 4.78 is 28.1. The Hall–Kier alpha value is -1.68. The van der Waals surface area contributed by atoms with Gasteiger partial charge in [0.15, 0.2) is 0 Å². The van der Waals surface area contributed by atoms with Crippen molar-refractivity contribution in [1.29, 1.82) is 0 Å². The summed E-state index contributed by atoms with van der Waals surface area (Å²) >= 11 is 7.44. The maximum atomic E-state index is 12.3. The highest BCUT2D eigenvalue weighted by Gasteiger charge is 2.41. The first-order chi connectivity index (χ1) is 13.5. The molecule has 0 unspecified atom stereocenters. The van der Waals surface area contributed by atoms with Gasteiger partial charge in [-0.25, -0.2) is 22.2 Å². The third-order valence-electron chi connectivity index (χ3n) is 5.27. The molecule has 28 heavy (non-hydrogen) atoms. The molecule has 1 N–H and O–H groups in total. The minimum Gasteiger partial charge on any atom is -0.357 e. The van der Waals surface area contributed by atoms with Gasteiger partial charge in [0.25, 0.3) is 0 Å². The average molecular weight is 438 g/mol. The Morgan fingerprint density at radius 2 is 1.82 bits per heavy atom. The molecule has 0 atom stereocenters. The number of halogens is 1. The number of aromatic nitrogens is 3. The van der Waals surface area contributed by atoms with E-state index in [1.807, 2.05) is 30.5 Å². The van der Waals surface area contributed by atoms with Crippen molar-refractivity contribution in [2.24, 2.45) is 0 Å². The molecular weight excluding hydrogens is 418 g/mol. The third-order valence-corrected chi connectivity index (χ3v) is 8.77. The number of piperidine rings is 1. The van der Waals surface area contributed by atoms with Gasteiger partial charge in [0.05, 0.1) is 17.1 Å². The number of nitrogens with one attached hydrogen (secondary N) is 1. The Morgan fingerprint density at radius 3 is 2.46 bits per heavy atom. The van der Waals surface area contributed by atoms with Gasteiger partial charge < -0.3 is 5.32 Å². The van der Waals surface area contributed by atoms with Crippen LogP contribution in [-0.4, -0.2) is 51.7 Å². The van der Waals surface area contributed by atoms with E-state index in [2.05, 4.69) is 15.4 Å². The molecule has 3 aromatic rings. The van der Waals surface area contributed by atoms with E-state index >= 15 is 0 Å². The molecule has 1 saturated carbocycles. The molecule has 2 aliphatic rings. The normalized spacial score (nSPS) is 19.3. The first-order valence-corrected chi connectivity index (χ1v) is 12.1. The van der Waals surface area contributed by atoms with Gasteiger partial charge in [-0.2, -0.15) is 0 Å². The van der Waals surface area contributed by atoms with Crippen LogP contribution in [0.5, 0.6) is 0 Å². The lowest BCUT2D eigenvalue weighted by molar-refractivity contribution is 0.329. The van der Waals surface area contributed by atoms with Crippen molar-refractivity contribution < 1.29 is 8.42 Å². The number of benzene rings is 1. The van der Waals surface area contributed by atoms with E-state index in [9.17, 15) is 8.42 Å². The van der Waals surface area contributed by atoms with E-state index in [-0.39, 0.29) is 11.3 Å². The van der Waals surface area contributed by atoms with Gasteiger partial charge in [-0.3, -0.25) is 0 Å². The van der Waals surface area contributed by atoms with Crippen LogP contribution < -0.4 is 5.32 Å². The quantitative estimate of drug-likeness (QED) is 0.661. The van der Waals surface area contributed by atoms with E-state index in [0.717, 1.165) is 47.0 Å². The van der Waals surface area contributed by atoms with Crippen molar-refractivity contribution in [3.8, 4) is 11.3 Å². The van der Waals surface area contributed by atoms with Gasteiger partial charge in [0.1, 0.15) is 0 Å². The largest absolute Gasteiger partial charge is 0.357 e. The highest BCUT2D eigenvalue weighted by molar-refractivity contribution is 7.90. The molecule has 2 fully saturated rings. The highest BCUT2D eigenvalue weighted by atomic mass is 35.5. The second kappa shape index (κ2) is 6.98. The second-order valence-corrected chi connectivity index (χ2v) is 10.9. The lowest BCUT2D eigenvalue weighted by Gasteiger charge is -2.31. The van der Waals surface area contributed by atoms with Crippen molar-refractivity contribution >= 4 is 43.1 Å². The summed E-state index contributed by atoms with van der Waals surface area (Å²) in [6.07, 6.45) is 5.13. The lowest BCUT2D eigenvalue weighted by atomic mass is 10.1. The van der Waals surface area contributed by atoms with Gasteiger partial charge in [0, 0.05) is 29.7 Å². The predicted octanol–water partition coefficient (Wildman–Crippen LogP) is 3.48. The molecule has 3 heterocycles. The smallest absolute Gasteiger partial charge is 0.216 e. The van der Waals surface area contributed by atoms with E-state index in [1.54, 1.807) is 8.82 Å². The Balaban J connectivity index is 1.24. The van der Waals surface area contributed by atoms with Crippen molar-refractivity contribution in [3.63, 3.8) is 0 Å². The zero-order valence-electron chi connectivity index (χ0n) is 15.1. The molecule has 0 bridgehead atoms. The van der Waals surface area contributed by atoms with Gasteiger partial charge >= 0.3 is 0 Å². The fourth-order valence-electron chi connectivity index (χ4n) is 3.52. The second-order valence-electron chi connectivity index (χ2n) is 7.33. The van der Waals surface area contributed by atoms with Crippen molar-refractivity contribution in [3.05, 3.63) is 35.5 Å². The van der Waals surface area contributed by atoms with Crippen LogP contribution in [0.15, 0.2) is 30.5 Å². The van der Waals surface area contributed by atoms with Crippen LogP contribution in [0.4, 0.5) is 5.13 Å². The van der Waals surface area contributed by atoms with Crippen molar-refractivity contribution in [2.45, 2.75) is 37.0 Å². The van der Waals surface area contributed by atoms with E-state index in [4.69, 9.17) is 11.6 Å². The number of anilines is 1. The number of sulfonamides is 1. The topological polar surface area (TPSA) is 79.6 Å². The number of nitrogens with zero attached hydrogens (tertiary/aromatic N) is 4. The summed E-state index contributed by atoms with van der Waals surface area (Å²) in [6.45, 7) is 1.17. The van der Waals surface area contributed by atoms with E-state index in [1.165, 1.54) is 11.3 Å². The number of rotatable bonds is 5. The molecule has 0 amide bonds. The first kappa shape index (κ1) is 18.4. The number of hydrogen-bond acceptors (Lipinski definition) is 6. The van der Waals surface area contributed by atoms with Gasteiger partial charge in [0.2, 0.25) is 20.1 Å². The summed E-state index contributed by atoms with van der Waals surface area (Å²) in [4.78, 5) is 5.47. The zero-order chi connectivity index (χ0) is 19.3. The predicted molar refractivity (Wildman–Crippen MR) is 111 cm³/mol. The number of fused-ring (bicyclic) bond motifs is 1. The summed E-state index contributed by atoms with van der Waals surface area (Å²) in [5.41, 5.74) is 1.86. The molecule has 5 rings (SSSR count). The molecule has 148 valence electrons. The average Bonchev–Trinajstić information content (AvgIpc) is 3.38. The van der Waals surface area contributed by atoms with E-state index < -0.39 is 10.0 Å². The van der Waals surface area contributed by atoms with Crippen LogP contribution in [0.25, 0.3) is 16.2 Å². The first-order valence-electron chi connectivity index (χ1n) is 9.37. The van der Waals surface area contributed by atoms with Gasteiger partial charge in [-0.15, -0.1) is 5.10 Å². The Labute approximate surface area is 172 Å². The molecule has 0 spiro atoms. The van der Waals surface area contributed by atoms with Crippen LogP contribution in [0, 0.1) is 0 Å². The van der Waals surface area contributed by atoms with Crippen LogP contribution in [0.1, 0.15) is 25.7 Å². The van der Waals surface area contributed by atoms with Crippen molar-refractivity contribution in [1.82, 2.24) is 18.9 Å². The third kappa shape index (κ3) is 3.52. The van der Waals surface area contributed by atoms with Crippen molar-refractivity contribution in [2.75, 3.05) is 18.4 Å². The maximum Gasteiger partial charge on any atom is 0.216 e. The zero-order valence-corrected chi connectivity index (χ0v) is 17.5. The van der Waals surface area contributed by atoms with Crippen LogP contribution in [0.2, 0.25) is 5.02 Å². The van der Waals surface area contributed by atoms with Crippen LogP contribution in [-0.2, 0) is 10.0 Å². The molecular formula is C18H20ClN5O2S2. The van der Waals surface area contributed by atoms with Gasteiger partial charge in [-0.05, 0) is 37.8 Å².